The zero-order valence-corrected chi connectivity index (χ0v) is 11.0. The molecule has 1 heterocycles. The van der Waals surface area contributed by atoms with Gasteiger partial charge in [-0.05, 0) is 50.1 Å². The molecular formula is C14H18N2O2. The van der Waals surface area contributed by atoms with Crippen molar-refractivity contribution in [1.82, 2.24) is 9.78 Å². The fourth-order valence-corrected chi connectivity index (χ4v) is 2.12. The van der Waals surface area contributed by atoms with E-state index in [1.807, 2.05) is 42.8 Å². The molecule has 1 aromatic heterocycles. The van der Waals surface area contributed by atoms with E-state index in [1.54, 1.807) is 7.11 Å². The molecule has 0 saturated carbocycles. The van der Waals surface area contributed by atoms with Crippen LogP contribution in [-0.2, 0) is 6.42 Å². The first kappa shape index (κ1) is 12.6. The van der Waals surface area contributed by atoms with E-state index in [1.165, 1.54) is 0 Å². The predicted octanol–water partition coefficient (Wildman–Crippen LogP) is 2.03. The average Bonchev–Trinajstić information content (AvgIpc) is 2.67. The van der Waals surface area contributed by atoms with Gasteiger partial charge in [-0.3, -0.25) is 0 Å². The van der Waals surface area contributed by atoms with Gasteiger partial charge < -0.3 is 9.84 Å². The van der Waals surface area contributed by atoms with Crippen molar-refractivity contribution in [3.8, 4) is 11.4 Å². The van der Waals surface area contributed by atoms with Crippen molar-refractivity contribution in [2.24, 2.45) is 0 Å². The molecule has 4 heteroatoms. The third-order valence-electron chi connectivity index (χ3n) is 3.12. The molecule has 0 bridgehead atoms. The van der Waals surface area contributed by atoms with Crippen molar-refractivity contribution in [2.75, 3.05) is 13.7 Å². The van der Waals surface area contributed by atoms with Crippen LogP contribution >= 0.6 is 0 Å². The van der Waals surface area contributed by atoms with Crippen LogP contribution in [0.3, 0.4) is 0 Å². The summed E-state index contributed by atoms with van der Waals surface area (Å²) in [4.78, 5) is 0. The van der Waals surface area contributed by atoms with Gasteiger partial charge in [-0.25, -0.2) is 4.68 Å². The minimum Gasteiger partial charge on any atom is -0.497 e. The van der Waals surface area contributed by atoms with Crippen molar-refractivity contribution in [3.63, 3.8) is 0 Å². The standard InChI is InChI=1S/C14H18N2O2/c1-10-14(8-9-17)11(2)16(15-10)12-4-6-13(18-3)7-5-12/h4-7,17H,8-9H2,1-3H3. The summed E-state index contributed by atoms with van der Waals surface area (Å²) in [5.41, 5.74) is 4.16. The van der Waals surface area contributed by atoms with E-state index in [0.29, 0.717) is 6.42 Å². The monoisotopic (exact) mass is 246 g/mol. The van der Waals surface area contributed by atoms with E-state index in [2.05, 4.69) is 5.10 Å². The second-order valence-electron chi connectivity index (χ2n) is 4.23. The molecule has 0 radical (unpaired) electrons. The lowest BCUT2D eigenvalue weighted by molar-refractivity contribution is 0.299. The van der Waals surface area contributed by atoms with Crippen molar-refractivity contribution < 1.29 is 9.84 Å². The quantitative estimate of drug-likeness (QED) is 0.898. The number of aliphatic hydroxyl groups is 1. The van der Waals surface area contributed by atoms with Crippen LogP contribution in [0.1, 0.15) is 17.0 Å². The Labute approximate surface area is 107 Å². The largest absolute Gasteiger partial charge is 0.497 e. The number of nitrogens with zero attached hydrogens (tertiary/aromatic N) is 2. The number of rotatable bonds is 4. The Morgan fingerprint density at radius 2 is 1.89 bits per heavy atom. The van der Waals surface area contributed by atoms with Crippen LogP contribution in [0.4, 0.5) is 0 Å². The number of hydrogen-bond donors (Lipinski definition) is 1. The maximum Gasteiger partial charge on any atom is 0.119 e. The molecule has 0 spiro atoms. The van der Waals surface area contributed by atoms with Gasteiger partial charge >= 0.3 is 0 Å². The van der Waals surface area contributed by atoms with Crippen LogP contribution in [0.5, 0.6) is 5.75 Å². The van der Waals surface area contributed by atoms with E-state index < -0.39 is 0 Å². The van der Waals surface area contributed by atoms with Crippen molar-refractivity contribution >= 4 is 0 Å². The van der Waals surface area contributed by atoms with E-state index in [9.17, 15) is 0 Å². The summed E-state index contributed by atoms with van der Waals surface area (Å²) in [5, 5.41) is 13.6. The maximum atomic E-state index is 9.06. The SMILES string of the molecule is COc1ccc(-n2nc(C)c(CCO)c2C)cc1. The normalized spacial score (nSPS) is 10.7. The molecule has 0 amide bonds. The number of aryl methyl sites for hydroxylation is 1. The maximum absolute atomic E-state index is 9.06. The smallest absolute Gasteiger partial charge is 0.119 e. The van der Waals surface area contributed by atoms with E-state index in [-0.39, 0.29) is 6.61 Å². The number of hydrogen-bond acceptors (Lipinski definition) is 3. The lowest BCUT2D eigenvalue weighted by Crippen LogP contribution is -2.00. The lowest BCUT2D eigenvalue weighted by Gasteiger charge is -2.06. The highest BCUT2D eigenvalue weighted by Crippen LogP contribution is 2.20. The first-order valence-electron chi connectivity index (χ1n) is 5.97. The van der Waals surface area contributed by atoms with Gasteiger partial charge in [0.05, 0.1) is 18.5 Å². The van der Waals surface area contributed by atoms with Crippen LogP contribution in [-0.4, -0.2) is 28.6 Å². The number of aromatic nitrogens is 2. The van der Waals surface area contributed by atoms with Gasteiger partial charge in [-0.1, -0.05) is 0 Å². The summed E-state index contributed by atoms with van der Waals surface area (Å²) >= 11 is 0. The van der Waals surface area contributed by atoms with E-state index >= 15 is 0 Å². The van der Waals surface area contributed by atoms with Crippen LogP contribution in [0.15, 0.2) is 24.3 Å². The van der Waals surface area contributed by atoms with Gasteiger partial charge in [0, 0.05) is 12.3 Å². The second kappa shape index (κ2) is 5.23. The lowest BCUT2D eigenvalue weighted by atomic mass is 10.1. The molecule has 0 aliphatic rings. The summed E-state index contributed by atoms with van der Waals surface area (Å²) in [6.07, 6.45) is 0.647. The Balaban J connectivity index is 2.40. The molecule has 1 aromatic carbocycles. The third kappa shape index (κ3) is 2.24. The molecule has 1 N–H and O–H groups in total. The minimum atomic E-state index is 0.149. The molecule has 4 nitrogen and oxygen atoms in total. The van der Waals surface area contributed by atoms with Gasteiger partial charge in [0.1, 0.15) is 5.75 Å². The van der Waals surface area contributed by atoms with Gasteiger partial charge in [-0.2, -0.15) is 5.10 Å². The summed E-state index contributed by atoms with van der Waals surface area (Å²) in [6, 6.07) is 7.77. The van der Waals surface area contributed by atoms with Gasteiger partial charge in [-0.15, -0.1) is 0 Å². The number of ether oxygens (including phenoxy) is 1. The van der Waals surface area contributed by atoms with Gasteiger partial charge in [0.15, 0.2) is 0 Å². The average molecular weight is 246 g/mol. The third-order valence-corrected chi connectivity index (χ3v) is 3.12. The molecule has 0 unspecified atom stereocenters. The first-order chi connectivity index (χ1) is 8.67. The fraction of sp³-hybridized carbons (Fsp3) is 0.357. The highest BCUT2D eigenvalue weighted by molar-refractivity contribution is 5.40. The van der Waals surface area contributed by atoms with Crippen LogP contribution in [0.2, 0.25) is 0 Å². The molecule has 0 atom stereocenters. The molecular weight excluding hydrogens is 228 g/mol. The van der Waals surface area contributed by atoms with Gasteiger partial charge in [0.25, 0.3) is 0 Å². The Morgan fingerprint density at radius 3 is 2.44 bits per heavy atom. The van der Waals surface area contributed by atoms with E-state index in [4.69, 9.17) is 9.84 Å². The predicted molar refractivity (Wildman–Crippen MR) is 70.4 cm³/mol. The highest BCUT2D eigenvalue weighted by Gasteiger charge is 2.11. The van der Waals surface area contributed by atoms with Crippen LogP contribution < -0.4 is 4.74 Å². The van der Waals surface area contributed by atoms with Crippen molar-refractivity contribution in [2.45, 2.75) is 20.3 Å². The van der Waals surface area contributed by atoms with E-state index in [0.717, 1.165) is 28.4 Å². The molecule has 2 aromatic rings. The summed E-state index contributed by atoms with van der Waals surface area (Å²) in [6.45, 7) is 4.14. The highest BCUT2D eigenvalue weighted by atomic mass is 16.5. The zero-order chi connectivity index (χ0) is 13.1. The molecule has 96 valence electrons. The van der Waals surface area contributed by atoms with Crippen molar-refractivity contribution in [3.05, 3.63) is 41.2 Å². The second-order valence-corrected chi connectivity index (χ2v) is 4.23. The van der Waals surface area contributed by atoms with Crippen molar-refractivity contribution in [1.29, 1.82) is 0 Å². The summed E-state index contributed by atoms with van der Waals surface area (Å²) in [7, 11) is 1.65. The summed E-state index contributed by atoms with van der Waals surface area (Å²) in [5.74, 6) is 0.830. The fourth-order valence-electron chi connectivity index (χ4n) is 2.12. The Kier molecular flexibility index (Phi) is 3.67. The topological polar surface area (TPSA) is 47.3 Å². The number of methoxy groups -OCH3 is 1. The molecule has 0 saturated heterocycles. The Hall–Kier alpha value is -1.81. The Morgan fingerprint density at radius 1 is 1.22 bits per heavy atom. The van der Waals surface area contributed by atoms with Crippen LogP contribution in [0.25, 0.3) is 5.69 Å². The number of aliphatic hydroxyl groups excluding tert-OH is 1. The Bertz CT molecular complexity index is 529. The molecule has 18 heavy (non-hydrogen) atoms. The minimum absolute atomic E-state index is 0.149. The van der Waals surface area contributed by atoms with Crippen LogP contribution in [0, 0.1) is 13.8 Å². The zero-order valence-electron chi connectivity index (χ0n) is 11.0. The molecule has 2 rings (SSSR count). The van der Waals surface area contributed by atoms with Gasteiger partial charge in [0.2, 0.25) is 0 Å². The molecule has 0 aliphatic carbocycles. The molecule has 0 fully saturated rings. The number of benzene rings is 1. The first-order valence-corrected chi connectivity index (χ1v) is 5.97. The molecule has 0 aliphatic heterocycles. The summed E-state index contributed by atoms with van der Waals surface area (Å²) < 4.78 is 7.04.